The molecule has 2 aromatic rings. The van der Waals surface area contributed by atoms with Gasteiger partial charge in [0.1, 0.15) is 11.6 Å². The average molecular weight is 336 g/mol. The van der Waals surface area contributed by atoms with Gasteiger partial charge in [0.05, 0.1) is 16.8 Å². The van der Waals surface area contributed by atoms with Crippen molar-refractivity contribution in [3.8, 4) is 17.1 Å². The molecule has 0 spiro atoms. The zero-order valence-electron chi connectivity index (χ0n) is 11.9. The summed E-state index contributed by atoms with van der Waals surface area (Å²) in [5, 5.41) is 0. The summed E-state index contributed by atoms with van der Waals surface area (Å²) in [6.45, 7) is 6.74. The summed E-state index contributed by atoms with van der Waals surface area (Å²) in [5.74, 6) is 2.15. The van der Waals surface area contributed by atoms with E-state index in [-0.39, 0.29) is 5.92 Å². The summed E-state index contributed by atoms with van der Waals surface area (Å²) in [5.41, 5.74) is 7.78. The largest absolute Gasteiger partial charge is 0.494 e. The highest BCUT2D eigenvalue weighted by Gasteiger charge is 2.14. The van der Waals surface area contributed by atoms with Crippen molar-refractivity contribution >= 4 is 21.7 Å². The number of benzene rings is 1. The fraction of sp³-hybridized carbons (Fsp3) is 0.333. The van der Waals surface area contributed by atoms with Gasteiger partial charge in [-0.3, -0.25) is 0 Å². The number of ether oxygens (including phenoxy) is 1. The maximum Gasteiger partial charge on any atom is 0.161 e. The van der Waals surface area contributed by atoms with Crippen molar-refractivity contribution in [1.82, 2.24) is 9.97 Å². The molecule has 20 heavy (non-hydrogen) atoms. The Labute approximate surface area is 127 Å². The fourth-order valence-electron chi connectivity index (χ4n) is 1.89. The first-order valence-corrected chi connectivity index (χ1v) is 7.38. The van der Waals surface area contributed by atoms with Crippen LogP contribution < -0.4 is 10.5 Å². The zero-order valence-corrected chi connectivity index (χ0v) is 13.4. The Morgan fingerprint density at radius 1 is 1.30 bits per heavy atom. The van der Waals surface area contributed by atoms with E-state index in [0.29, 0.717) is 18.2 Å². The third kappa shape index (κ3) is 3.10. The highest BCUT2D eigenvalue weighted by Crippen LogP contribution is 2.30. The van der Waals surface area contributed by atoms with Crippen molar-refractivity contribution in [2.24, 2.45) is 0 Å². The molecule has 0 aliphatic rings. The monoisotopic (exact) mass is 335 g/mol. The Kier molecular flexibility index (Phi) is 4.60. The number of halogens is 1. The molecule has 1 aromatic heterocycles. The van der Waals surface area contributed by atoms with Gasteiger partial charge in [0.2, 0.25) is 0 Å². The minimum Gasteiger partial charge on any atom is -0.494 e. The average Bonchev–Trinajstić information content (AvgIpc) is 2.42. The lowest BCUT2D eigenvalue weighted by molar-refractivity contribution is 0.340. The smallest absolute Gasteiger partial charge is 0.161 e. The molecule has 4 nitrogen and oxygen atoms in total. The van der Waals surface area contributed by atoms with E-state index in [4.69, 9.17) is 10.5 Å². The second-order valence-corrected chi connectivity index (χ2v) is 5.54. The van der Waals surface area contributed by atoms with Crippen LogP contribution in [0, 0.1) is 0 Å². The van der Waals surface area contributed by atoms with Gasteiger partial charge in [-0.15, -0.1) is 0 Å². The molecule has 0 amide bonds. The number of hydrogen-bond donors (Lipinski definition) is 1. The summed E-state index contributed by atoms with van der Waals surface area (Å²) in [6, 6.07) is 7.72. The van der Waals surface area contributed by atoms with E-state index < -0.39 is 0 Å². The summed E-state index contributed by atoms with van der Waals surface area (Å²) in [4.78, 5) is 8.96. The molecular formula is C15H18BrN3O. The first-order valence-electron chi connectivity index (χ1n) is 6.59. The summed E-state index contributed by atoms with van der Waals surface area (Å²) in [7, 11) is 0. The van der Waals surface area contributed by atoms with E-state index in [1.165, 1.54) is 0 Å². The molecule has 1 aromatic carbocycles. The van der Waals surface area contributed by atoms with Crippen molar-refractivity contribution in [2.45, 2.75) is 26.7 Å². The molecule has 5 heteroatoms. The van der Waals surface area contributed by atoms with E-state index in [2.05, 4.69) is 39.7 Å². The SMILES string of the molecule is CCOc1cccc(-c2nc(N)c(Br)c(C(C)C)n2)c1. The number of aromatic nitrogens is 2. The predicted octanol–water partition coefficient (Wildman–Crippen LogP) is 4.01. The maximum absolute atomic E-state index is 5.96. The van der Waals surface area contributed by atoms with Crippen molar-refractivity contribution in [3.63, 3.8) is 0 Å². The molecule has 0 aliphatic heterocycles. The predicted molar refractivity (Wildman–Crippen MR) is 84.8 cm³/mol. The Balaban J connectivity index is 2.50. The highest BCUT2D eigenvalue weighted by molar-refractivity contribution is 9.10. The van der Waals surface area contributed by atoms with Crippen molar-refractivity contribution in [3.05, 3.63) is 34.4 Å². The van der Waals surface area contributed by atoms with Crippen molar-refractivity contribution in [1.29, 1.82) is 0 Å². The van der Waals surface area contributed by atoms with Crippen LogP contribution in [0.4, 0.5) is 5.82 Å². The Morgan fingerprint density at radius 2 is 2.05 bits per heavy atom. The molecule has 0 bridgehead atoms. The van der Waals surface area contributed by atoms with Crippen LogP contribution in [-0.4, -0.2) is 16.6 Å². The molecule has 0 saturated heterocycles. The molecule has 0 radical (unpaired) electrons. The maximum atomic E-state index is 5.96. The third-order valence-corrected chi connectivity index (χ3v) is 3.67. The van der Waals surface area contributed by atoms with Gasteiger partial charge in [0, 0.05) is 5.56 Å². The second-order valence-electron chi connectivity index (χ2n) is 4.75. The lowest BCUT2D eigenvalue weighted by Gasteiger charge is -2.12. The van der Waals surface area contributed by atoms with Gasteiger partial charge >= 0.3 is 0 Å². The Bertz CT molecular complexity index is 614. The van der Waals surface area contributed by atoms with Crippen LogP contribution >= 0.6 is 15.9 Å². The van der Waals surface area contributed by atoms with Gasteiger partial charge in [-0.2, -0.15) is 0 Å². The lowest BCUT2D eigenvalue weighted by Crippen LogP contribution is -2.04. The quantitative estimate of drug-likeness (QED) is 0.916. The number of hydrogen-bond acceptors (Lipinski definition) is 4. The van der Waals surface area contributed by atoms with Crippen LogP contribution in [0.25, 0.3) is 11.4 Å². The zero-order chi connectivity index (χ0) is 14.7. The standard InChI is InChI=1S/C15H18BrN3O/c1-4-20-11-7-5-6-10(8-11)15-18-13(9(2)3)12(16)14(17)19-15/h5-9H,4H2,1-3H3,(H2,17,18,19). The molecule has 1 heterocycles. The molecule has 0 unspecified atom stereocenters. The number of rotatable bonds is 4. The number of nitrogen functional groups attached to an aromatic ring is 1. The highest BCUT2D eigenvalue weighted by atomic mass is 79.9. The first kappa shape index (κ1) is 14.8. The van der Waals surface area contributed by atoms with E-state index >= 15 is 0 Å². The molecule has 2 N–H and O–H groups in total. The topological polar surface area (TPSA) is 61.0 Å². The number of nitrogens with zero attached hydrogens (tertiary/aromatic N) is 2. The first-order chi connectivity index (χ1) is 9.52. The lowest BCUT2D eigenvalue weighted by atomic mass is 10.1. The van der Waals surface area contributed by atoms with Gasteiger partial charge in [-0.1, -0.05) is 26.0 Å². The molecule has 106 valence electrons. The van der Waals surface area contributed by atoms with Gasteiger partial charge in [-0.25, -0.2) is 9.97 Å². The van der Waals surface area contributed by atoms with Crippen LogP contribution in [0.5, 0.6) is 5.75 Å². The molecule has 0 aliphatic carbocycles. The van der Waals surface area contributed by atoms with E-state index in [0.717, 1.165) is 21.5 Å². The van der Waals surface area contributed by atoms with Gasteiger partial charge in [-0.05, 0) is 40.9 Å². The van der Waals surface area contributed by atoms with Gasteiger partial charge < -0.3 is 10.5 Å². The molecular weight excluding hydrogens is 318 g/mol. The number of anilines is 1. The molecule has 0 saturated carbocycles. The summed E-state index contributed by atoms with van der Waals surface area (Å²) < 4.78 is 6.28. The van der Waals surface area contributed by atoms with Crippen LogP contribution in [0.15, 0.2) is 28.7 Å². The van der Waals surface area contributed by atoms with Crippen molar-refractivity contribution in [2.75, 3.05) is 12.3 Å². The van der Waals surface area contributed by atoms with Crippen LogP contribution in [0.1, 0.15) is 32.4 Å². The number of nitrogens with two attached hydrogens (primary N) is 1. The third-order valence-electron chi connectivity index (χ3n) is 2.85. The van der Waals surface area contributed by atoms with Crippen LogP contribution in [0.2, 0.25) is 0 Å². The fourth-order valence-corrected chi connectivity index (χ4v) is 2.52. The Hall–Kier alpha value is -1.62. The normalized spacial score (nSPS) is 10.8. The van der Waals surface area contributed by atoms with Gasteiger partial charge in [0.15, 0.2) is 5.82 Å². The minimum atomic E-state index is 0.267. The minimum absolute atomic E-state index is 0.267. The van der Waals surface area contributed by atoms with Crippen LogP contribution in [0.3, 0.4) is 0 Å². The summed E-state index contributed by atoms with van der Waals surface area (Å²) >= 11 is 3.45. The molecule has 0 fully saturated rings. The molecule has 2 rings (SSSR count). The van der Waals surface area contributed by atoms with Gasteiger partial charge in [0.25, 0.3) is 0 Å². The molecule has 0 atom stereocenters. The van der Waals surface area contributed by atoms with E-state index in [9.17, 15) is 0 Å². The van der Waals surface area contributed by atoms with E-state index in [1.807, 2.05) is 31.2 Å². The van der Waals surface area contributed by atoms with Crippen LogP contribution in [-0.2, 0) is 0 Å². The Morgan fingerprint density at radius 3 is 2.70 bits per heavy atom. The van der Waals surface area contributed by atoms with E-state index in [1.54, 1.807) is 0 Å². The second kappa shape index (κ2) is 6.22. The van der Waals surface area contributed by atoms with Crippen molar-refractivity contribution < 1.29 is 4.74 Å². The summed E-state index contributed by atoms with van der Waals surface area (Å²) in [6.07, 6.45) is 0.